The second kappa shape index (κ2) is 7.03. The predicted molar refractivity (Wildman–Crippen MR) is 66.0 cm³/mol. The average Bonchev–Trinajstić information content (AvgIpc) is 2.82. The highest BCUT2D eigenvalue weighted by atomic mass is 32.1. The fraction of sp³-hybridized carbons (Fsp3) is 0.455. The van der Waals surface area contributed by atoms with Gasteiger partial charge in [-0.3, -0.25) is 9.59 Å². The molecule has 1 rings (SSSR count). The Kier molecular flexibility index (Phi) is 5.65. The molecule has 17 heavy (non-hydrogen) atoms. The van der Waals surface area contributed by atoms with Crippen molar-refractivity contribution < 1.29 is 14.7 Å². The van der Waals surface area contributed by atoms with Crippen molar-refractivity contribution in [1.29, 1.82) is 0 Å². The lowest BCUT2D eigenvalue weighted by molar-refractivity contribution is -0.121. The van der Waals surface area contributed by atoms with Crippen molar-refractivity contribution in [1.82, 2.24) is 10.6 Å². The Morgan fingerprint density at radius 1 is 1.53 bits per heavy atom. The Balaban J connectivity index is 2.20. The van der Waals surface area contributed by atoms with Gasteiger partial charge in [0.2, 0.25) is 5.91 Å². The molecule has 0 radical (unpaired) electrons. The molecule has 0 unspecified atom stereocenters. The molecule has 0 bridgehead atoms. The zero-order valence-electron chi connectivity index (χ0n) is 9.60. The summed E-state index contributed by atoms with van der Waals surface area (Å²) in [6, 6.07) is 1.48. The Morgan fingerprint density at radius 2 is 2.29 bits per heavy atom. The SMILES string of the molecule is C[C@H](CO)NC(=O)CCNC(=O)c1ccsc1. The van der Waals surface area contributed by atoms with E-state index in [0.717, 1.165) is 0 Å². The zero-order chi connectivity index (χ0) is 12.7. The molecule has 1 aromatic heterocycles. The van der Waals surface area contributed by atoms with E-state index in [1.54, 1.807) is 18.4 Å². The van der Waals surface area contributed by atoms with Gasteiger partial charge >= 0.3 is 0 Å². The normalized spacial score (nSPS) is 11.9. The van der Waals surface area contributed by atoms with E-state index in [4.69, 9.17) is 5.11 Å². The maximum atomic E-state index is 11.5. The molecule has 1 heterocycles. The Hall–Kier alpha value is -1.40. The van der Waals surface area contributed by atoms with Crippen LogP contribution in [-0.2, 0) is 4.79 Å². The number of hydrogen-bond acceptors (Lipinski definition) is 4. The number of aliphatic hydroxyl groups excluding tert-OH is 1. The molecule has 0 aliphatic rings. The summed E-state index contributed by atoms with van der Waals surface area (Å²) >= 11 is 1.45. The monoisotopic (exact) mass is 256 g/mol. The maximum Gasteiger partial charge on any atom is 0.252 e. The van der Waals surface area contributed by atoms with Gasteiger partial charge in [0.15, 0.2) is 0 Å². The molecule has 0 aliphatic heterocycles. The van der Waals surface area contributed by atoms with Crippen molar-refractivity contribution in [2.75, 3.05) is 13.2 Å². The second-order valence-electron chi connectivity index (χ2n) is 3.67. The molecular weight excluding hydrogens is 240 g/mol. The van der Waals surface area contributed by atoms with Crippen molar-refractivity contribution in [3.8, 4) is 0 Å². The number of thiophene rings is 1. The van der Waals surface area contributed by atoms with Gasteiger partial charge in [0.1, 0.15) is 0 Å². The minimum Gasteiger partial charge on any atom is -0.394 e. The van der Waals surface area contributed by atoms with Crippen LogP contribution < -0.4 is 10.6 Å². The Bertz CT molecular complexity index is 365. The Labute approximate surface area is 104 Å². The largest absolute Gasteiger partial charge is 0.394 e. The molecule has 6 heteroatoms. The first-order valence-electron chi connectivity index (χ1n) is 5.34. The number of carbonyl (C=O) groups is 2. The fourth-order valence-electron chi connectivity index (χ4n) is 1.18. The van der Waals surface area contributed by atoms with Crippen molar-refractivity contribution in [3.63, 3.8) is 0 Å². The summed E-state index contributed by atoms with van der Waals surface area (Å²) in [5.74, 6) is -0.355. The van der Waals surface area contributed by atoms with Crippen molar-refractivity contribution in [2.24, 2.45) is 0 Å². The highest BCUT2D eigenvalue weighted by Crippen LogP contribution is 2.04. The van der Waals surface area contributed by atoms with Crippen molar-refractivity contribution in [2.45, 2.75) is 19.4 Å². The minimum absolute atomic E-state index is 0.0903. The molecule has 0 saturated heterocycles. The van der Waals surface area contributed by atoms with Gasteiger partial charge in [0, 0.05) is 30.0 Å². The maximum absolute atomic E-state index is 11.5. The smallest absolute Gasteiger partial charge is 0.252 e. The van der Waals surface area contributed by atoms with Crippen molar-refractivity contribution in [3.05, 3.63) is 22.4 Å². The van der Waals surface area contributed by atoms with E-state index in [1.165, 1.54) is 11.3 Å². The molecule has 0 saturated carbocycles. The molecule has 1 aromatic rings. The number of hydrogen-bond donors (Lipinski definition) is 3. The quantitative estimate of drug-likeness (QED) is 0.688. The van der Waals surface area contributed by atoms with E-state index in [-0.39, 0.29) is 30.9 Å². The highest BCUT2D eigenvalue weighted by Gasteiger charge is 2.08. The summed E-state index contributed by atoms with van der Waals surface area (Å²) < 4.78 is 0. The molecule has 0 aromatic carbocycles. The molecule has 1 atom stereocenters. The van der Waals surface area contributed by atoms with Crippen LogP contribution in [0.5, 0.6) is 0 Å². The van der Waals surface area contributed by atoms with Gasteiger partial charge in [-0.15, -0.1) is 0 Å². The summed E-state index contributed by atoms with van der Waals surface area (Å²) in [7, 11) is 0. The lowest BCUT2D eigenvalue weighted by Crippen LogP contribution is -2.37. The fourth-order valence-corrected chi connectivity index (χ4v) is 1.81. The summed E-state index contributed by atoms with van der Waals surface area (Å²) in [5.41, 5.74) is 0.610. The lowest BCUT2D eigenvalue weighted by Gasteiger charge is -2.10. The summed E-state index contributed by atoms with van der Waals surface area (Å²) in [6.07, 6.45) is 0.209. The van der Waals surface area contributed by atoms with Crippen LogP contribution >= 0.6 is 11.3 Å². The standard InChI is InChI=1S/C11H16N2O3S/c1-8(6-14)13-10(15)2-4-12-11(16)9-3-5-17-7-9/h3,5,7-8,14H,2,4,6H2,1H3,(H,12,16)(H,13,15)/t8-/m1/s1. The van der Waals surface area contributed by atoms with Crippen LogP contribution in [0.3, 0.4) is 0 Å². The van der Waals surface area contributed by atoms with Gasteiger partial charge in [-0.25, -0.2) is 0 Å². The minimum atomic E-state index is -0.255. The molecule has 0 spiro atoms. The van der Waals surface area contributed by atoms with Crippen LogP contribution in [0.1, 0.15) is 23.7 Å². The van der Waals surface area contributed by atoms with Gasteiger partial charge in [0.25, 0.3) is 5.91 Å². The van der Waals surface area contributed by atoms with Crippen LogP contribution in [0.4, 0.5) is 0 Å². The van der Waals surface area contributed by atoms with Gasteiger partial charge in [-0.2, -0.15) is 11.3 Å². The first-order chi connectivity index (χ1) is 8.13. The molecular formula is C11H16N2O3S. The molecule has 0 fully saturated rings. The van der Waals surface area contributed by atoms with Crippen LogP contribution in [0, 0.1) is 0 Å². The third kappa shape index (κ3) is 4.97. The van der Waals surface area contributed by atoms with E-state index < -0.39 is 0 Å². The van der Waals surface area contributed by atoms with Crippen LogP contribution in [-0.4, -0.2) is 36.1 Å². The highest BCUT2D eigenvalue weighted by molar-refractivity contribution is 7.08. The molecule has 5 nitrogen and oxygen atoms in total. The first kappa shape index (κ1) is 13.7. The lowest BCUT2D eigenvalue weighted by atomic mass is 10.3. The van der Waals surface area contributed by atoms with E-state index in [2.05, 4.69) is 10.6 Å². The molecule has 3 N–H and O–H groups in total. The summed E-state index contributed by atoms with van der Waals surface area (Å²) in [5, 5.41) is 17.6. The van der Waals surface area contributed by atoms with Gasteiger partial charge < -0.3 is 15.7 Å². The molecule has 0 aliphatic carbocycles. The van der Waals surface area contributed by atoms with Gasteiger partial charge in [-0.05, 0) is 18.4 Å². The second-order valence-corrected chi connectivity index (χ2v) is 4.45. The summed E-state index contributed by atoms with van der Waals surface area (Å²) in [4.78, 5) is 22.8. The van der Waals surface area contributed by atoms with Gasteiger partial charge in [0.05, 0.1) is 6.61 Å². The number of aliphatic hydroxyl groups is 1. The van der Waals surface area contributed by atoms with Crippen LogP contribution in [0.15, 0.2) is 16.8 Å². The third-order valence-corrected chi connectivity index (χ3v) is 2.79. The zero-order valence-corrected chi connectivity index (χ0v) is 10.4. The number of amides is 2. The topological polar surface area (TPSA) is 78.4 Å². The van der Waals surface area contributed by atoms with Crippen LogP contribution in [0.2, 0.25) is 0 Å². The van der Waals surface area contributed by atoms with E-state index in [9.17, 15) is 9.59 Å². The number of nitrogens with one attached hydrogen (secondary N) is 2. The number of carbonyl (C=O) groups excluding carboxylic acids is 2. The first-order valence-corrected chi connectivity index (χ1v) is 6.28. The molecule has 2 amide bonds. The molecule has 94 valence electrons. The average molecular weight is 256 g/mol. The van der Waals surface area contributed by atoms with E-state index >= 15 is 0 Å². The predicted octanol–water partition coefficient (Wildman–Crippen LogP) is 0.365. The van der Waals surface area contributed by atoms with Crippen molar-refractivity contribution >= 4 is 23.2 Å². The van der Waals surface area contributed by atoms with Gasteiger partial charge in [-0.1, -0.05) is 0 Å². The third-order valence-electron chi connectivity index (χ3n) is 2.10. The Morgan fingerprint density at radius 3 is 2.88 bits per heavy atom. The van der Waals surface area contributed by atoms with E-state index in [1.807, 2.05) is 5.38 Å². The van der Waals surface area contributed by atoms with E-state index in [0.29, 0.717) is 12.1 Å². The summed E-state index contributed by atoms with van der Waals surface area (Å²) in [6.45, 7) is 1.91. The van der Waals surface area contributed by atoms with Crippen LogP contribution in [0.25, 0.3) is 0 Å². The number of rotatable bonds is 6.